The molecule has 0 aromatic heterocycles. The summed E-state index contributed by atoms with van der Waals surface area (Å²) in [5, 5.41) is 0. The molecule has 12 heavy (non-hydrogen) atoms. The minimum absolute atomic E-state index is 1.10. The van der Waals surface area contributed by atoms with Gasteiger partial charge in [-0.3, -0.25) is 0 Å². The molecule has 0 aromatic carbocycles. The molecule has 1 aliphatic rings. The topological polar surface area (TPSA) is 3.24 Å². The van der Waals surface area contributed by atoms with Gasteiger partial charge in [0.2, 0.25) is 0 Å². The van der Waals surface area contributed by atoms with Crippen molar-refractivity contribution in [3.8, 4) is 0 Å². The van der Waals surface area contributed by atoms with Crippen LogP contribution in [0.2, 0.25) is 0 Å². The molecular formula is C11H19N. The lowest BCUT2D eigenvalue weighted by molar-refractivity contribution is 0.394. The first-order valence-electron chi connectivity index (χ1n) is 5.01. The van der Waals surface area contributed by atoms with E-state index >= 15 is 0 Å². The molecular weight excluding hydrogens is 146 g/mol. The third-order valence-corrected chi connectivity index (χ3v) is 2.18. The van der Waals surface area contributed by atoms with Gasteiger partial charge in [0.05, 0.1) is 0 Å². The predicted octanol–water partition coefficient (Wildman–Crippen LogP) is 2.95. The Labute approximate surface area is 75.8 Å². The molecule has 0 bridgehead atoms. The molecule has 1 rings (SSSR count). The monoisotopic (exact) mass is 165 g/mol. The van der Waals surface area contributed by atoms with Crippen molar-refractivity contribution in [3.63, 3.8) is 0 Å². The number of hydrogen-bond acceptors (Lipinski definition) is 1. The highest BCUT2D eigenvalue weighted by atomic mass is 15.1. The van der Waals surface area contributed by atoms with Gasteiger partial charge in [0.15, 0.2) is 0 Å². The summed E-state index contributed by atoms with van der Waals surface area (Å²) in [5.74, 6) is 0. The van der Waals surface area contributed by atoms with Gasteiger partial charge in [0.1, 0.15) is 0 Å². The first kappa shape index (κ1) is 9.37. The molecule has 1 heteroatoms. The Hall–Kier alpha value is -0.720. The van der Waals surface area contributed by atoms with Gasteiger partial charge in [-0.25, -0.2) is 0 Å². The number of hydrogen-bond donors (Lipinski definition) is 0. The van der Waals surface area contributed by atoms with Crippen LogP contribution < -0.4 is 0 Å². The van der Waals surface area contributed by atoms with E-state index in [0.29, 0.717) is 0 Å². The van der Waals surface area contributed by atoms with E-state index in [-0.39, 0.29) is 0 Å². The quantitative estimate of drug-likeness (QED) is 0.566. The highest BCUT2D eigenvalue weighted by Gasteiger charge is 1.97. The van der Waals surface area contributed by atoms with Gasteiger partial charge in [0.25, 0.3) is 0 Å². The molecule has 1 heterocycles. The summed E-state index contributed by atoms with van der Waals surface area (Å²) in [6.07, 6.45) is 14.1. The van der Waals surface area contributed by atoms with Crippen LogP contribution in [0.5, 0.6) is 0 Å². The zero-order chi connectivity index (χ0) is 8.65. The highest BCUT2D eigenvalue weighted by Crippen LogP contribution is 2.04. The lowest BCUT2D eigenvalue weighted by Gasteiger charge is -2.19. The Kier molecular flexibility index (Phi) is 4.58. The van der Waals surface area contributed by atoms with E-state index in [2.05, 4.69) is 36.3 Å². The maximum absolute atomic E-state index is 2.37. The second-order valence-corrected chi connectivity index (χ2v) is 3.33. The largest absolute Gasteiger partial charge is 0.374 e. The summed E-state index contributed by atoms with van der Waals surface area (Å²) in [6.45, 7) is 4.58. The Morgan fingerprint density at radius 3 is 2.75 bits per heavy atom. The first-order valence-corrected chi connectivity index (χ1v) is 5.01. The summed E-state index contributed by atoms with van der Waals surface area (Å²) in [4.78, 5) is 2.37. The van der Waals surface area contributed by atoms with Crippen molar-refractivity contribution in [1.29, 1.82) is 0 Å². The molecule has 0 saturated carbocycles. The maximum Gasteiger partial charge on any atom is 0.0357 e. The van der Waals surface area contributed by atoms with Crippen LogP contribution in [0.25, 0.3) is 0 Å². The van der Waals surface area contributed by atoms with Crippen LogP contribution in [0.15, 0.2) is 24.4 Å². The van der Waals surface area contributed by atoms with Crippen LogP contribution in [-0.4, -0.2) is 18.0 Å². The summed E-state index contributed by atoms with van der Waals surface area (Å²) < 4.78 is 0. The fourth-order valence-electron chi connectivity index (χ4n) is 1.41. The van der Waals surface area contributed by atoms with E-state index < -0.39 is 0 Å². The zero-order valence-corrected chi connectivity index (χ0v) is 8.00. The first-order chi connectivity index (χ1) is 5.93. The van der Waals surface area contributed by atoms with E-state index in [0.717, 1.165) is 6.54 Å². The minimum atomic E-state index is 1.10. The molecule has 0 spiro atoms. The third-order valence-electron chi connectivity index (χ3n) is 2.18. The van der Waals surface area contributed by atoms with Crippen molar-refractivity contribution in [1.82, 2.24) is 4.90 Å². The van der Waals surface area contributed by atoms with E-state index in [4.69, 9.17) is 0 Å². The molecule has 1 nitrogen and oxygen atoms in total. The molecule has 0 N–H and O–H groups in total. The van der Waals surface area contributed by atoms with Crippen molar-refractivity contribution in [3.05, 3.63) is 24.4 Å². The number of nitrogens with zero attached hydrogens (tertiary/aromatic N) is 1. The van der Waals surface area contributed by atoms with Crippen molar-refractivity contribution in [2.24, 2.45) is 0 Å². The van der Waals surface area contributed by atoms with E-state index in [1.807, 2.05) is 0 Å². The SMILES string of the molecule is CCCCCCN1C=CC=CC1. The summed E-state index contributed by atoms with van der Waals surface area (Å²) >= 11 is 0. The molecule has 0 amide bonds. The van der Waals surface area contributed by atoms with Gasteiger partial charge < -0.3 is 4.90 Å². The van der Waals surface area contributed by atoms with Gasteiger partial charge in [0, 0.05) is 13.1 Å². The molecule has 0 saturated heterocycles. The number of rotatable bonds is 5. The standard InChI is InChI=1S/C11H19N/c1-2-3-4-6-9-12-10-7-5-8-11-12/h5,7-8,10H,2-4,6,9,11H2,1H3. The second kappa shape index (κ2) is 5.87. The molecule has 0 unspecified atom stereocenters. The summed E-state index contributed by atoms with van der Waals surface area (Å²) in [7, 11) is 0. The van der Waals surface area contributed by atoms with E-state index in [1.165, 1.54) is 32.2 Å². The minimum Gasteiger partial charge on any atom is -0.374 e. The normalized spacial score (nSPS) is 15.6. The van der Waals surface area contributed by atoms with Gasteiger partial charge in [-0.05, 0) is 18.7 Å². The maximum atomic E-state index is 2.37. The fourth-order valence-corrected chi connectivity index (χ4v) is 1.41. The van der Waals surface area contributed by atoms with Gasteiger partial charge in [-0.15, -0.1) is 0 Å². The predicted molar refractivity (Wildman–Crippen MR) is 54.0 cm³/mol. The van der Waals surface area contributed by atoms with Gasteiger partial charge >= 0.3 is 0 Å². The van der Waals surface area contributed by atoms with Crippen LogP contribution in [0.3, 0.4) is 0 Å². The molecule has 0 aliphatic carbocycles. The molecule has 0 radical (unpaired) electrons. The van der Waals surface area contributed by atoms with E-state index in [9.17, 15) is 0 Å². The Morgan fingerprint density at radius 2 is 2.08 bits per heavy atom. The second-order valence-electron chi connectivity index (χ2n) is 3.33. The van der Waals surface area contributed by atoms with Gasteiger partial charge in [-0.1, -0.05) is 38.3 Å². The van der Waals surface area contributed by atoms with Crippen molar-refractivity contribution >= 4 is 0 Å². The van der Waals surface area contributed by atoms with Gasteiger partial charge in [-0.2, -0.15) is 0 Å². The third kappa shape index (κ3) is 3.61. The Balaban J connectivity index is 2.00. The zero-order valence-electron chi connectivity index (χ0n) is 8.00. The van der Waals surface area contributed by atoms with Crippen molar-refractivity contribution in [2.75, 3.05) is 13.1 Å². The summed E-state index contributed by atoms with van der Waals surface area (Å²) in [6, 6.07) is 0. The van der Waals surface area contributed by atoms with Crippen molar-refractivity contribution in [2.45, 2.75) is 32.6 Å². The lowest BCUT2D eigenvalue weighted by atomic mass is 10.2. The average Bonchev–Trinajstić information content (AvgIpc) is 2.14. The lowest BCUT2D eigenvalue weighted by Crippen LogP contribution is -2.19. The van der Waals surface area contributed by atoms with Crippen LogP contribution in [0.1, 0.15) is 32.6 Å². The fraction of sp³-hybridized carbons (Fsp3) is 0.636. The molecule has 0 fully saturated rings. The molecule has 0 aromatic rings. The average molecular weight is 165 g/mol. The van der Waals surface area contributed by atoms with Crippen LogP contribution in [0.4, 0.5) is 0 Å². The van der Waals surface area contributed by atoms with Crippen LogP contribution in [-0.2, 0) is 0 Å². The van der Waals surface area contributed by atoms with E-state index in [1.54, 1.807) is 0 Å². The van der Waals surface area contributed by atoms with Crippen molar-refractivity contribution < 1.29 is 0 Å². The summed E-state index contributed by atoms with van der Waals surface area (Å²) in [5.41, 5.74) is 0. The molecule has 68 valence electrons. The Bertz CT molecular complexity index is 158. The highest BCUT2D eigenvalue weighted by molar-refractivity contribution is 5.08. The van der Waals surface area contributed by atoms with Crippen LogP contribution >= 0.6 is 0 Å². The molecule has 0 atom stereocenters. The van der Waals surface area contributed by atoms with Crippen LogP contribution in [0, 0.1) is 0 Å². The number of unbranched alkanes of at least 4 members (excludes halogenated alkanes) is 3. The number of allylic oxidation sites excluding steroid dienone is 2. The molecule has 1 aliphatic heterocycles. The Morgan fingerprint density at radius 1 is 1.17 bits per heavy atom. The smallest absolute Gasteiger partial charge is 0.0357 e.